The van der Waals surface area contributed by atoms with Gasteiger partial charge in [-0.25, -0.2) is 9.48 Å². The van der Waals surface area contributed by atoms with E-state index in [1.165, 1.54) is 24.3 Å². The number of nitrogens with zero attached hydrogens (tertiary/aromatic N) is 4. The number of hydrogen-bond acceptors (Lipinski definition) is 9. The predicted octanol–water partition coefficient (Wildman–Crippen LogP) is 4.88. The van der Waals surface area contributed by atoms with Gasteiger partial charge in [-0.1, -0.05) is 5.16 Å². The first-order chi connectivity index (χ1) is 17.5. The second kappa shape index (κ2) is 10.4. The first kappa shape index (κ1) is 25.9. The molecule has 1 saturated carbocycles. The summed E-state index contributed by atoms with van der Waals surface area (Å²) in [4.78, 5) is 35.1. The number of nitro groups is 1. The number of ether oxygens (including phenoxy) is 2. The van der Waals surface area contributed by atoms with Gasteiger partial charge < -0.3 is 19.3 Å². The van der Waals surface area contributed by atoms with Crippen molar-refractivity contribution in [1.82, 2.24) is 14.9 Å². The van der Waals surface area contributed by atoms with Crippen LogP contribution in [0.2, 0.25) is 0 Å². The van der Waals surface area contributed by atoms with Gasteiger partial charge in [0.15, 0.2) is 0 Å². The van der Waals surface area contributed by atoms with Gasteiger partial charge in [-0.3, -0.25) is 14.9 Å². The monoisotopic (exact) mass is 511 g/mol. The van der Waals surface area contributed by atoms with Gasteiger partial charge in [-0.2, -0.15) is 5.10 Å². The normalized spacial score (nSPS) is 17.4. The van der Waals surface area contributed by atoms with Crippen molar-refractivity contribution in [2.24, 2.45) is 0 Å². The number of amides is 1. The number of non-ortho nitro benzene ring substituents is 1. The minimum absolute atomic E-state index is 0.0355. The molecule has 4 rings (SSSR count). The van der Waals surface area contributed by atoms with Crippen LogP contribution in [-0.2, 0) is 21.5 Å². The maximum absolute atomic E-state index is 12.6. The largest absolute Gasteiger partial charge is 0.514 e. The number of carbonyl (C=O) groups is 2. The highest BCUT2D eigenvalue weighted by Crippen LogP contribution is 2.37. The zero-order valence-electron chi connectivity index (χ0n) is 21.1. The molecule has 2 unspecified atom stereocenters. The number of nitro benzene ring substituents is 1. The molecular weight excluding hydrogens is 482 g/mol. The highest BCUT2D eigenvalue weighted by molar-refractivity contribution is 5.91. The lowest BCUT2D eigenvalue weighted by molar-refractivity contribution is -0.384. The van der Waals surface area contributed by atoms with Gasteiger partial charge in [0.2, 0.25) is 5.91 Å². The Labute approximate surface area is 213 Å². The molecule has 0 aliphatic heterocycles. The van der Waals surface area contributed by atoms with E-state index in [1.807, 2.05) is 26.8 Å². The van der Waals surface area contributed by atoms with Gasteiger partial charge in [-0.05, 0) is 59.1 Å². The molecule has 0 bridgehead atoms. The molecule has 12 nitrogen and oxygen atoms in total. The minimum atomic E-state index is -0.865. The number of carbonyl (C=O) groups excluding carboxylic acids is 2. The second-order valence-corrected chi connectivity index (χ2v) is 10.0. The van der Waals surface area contributed by atoms with Crippen LogP contribution >= 0.6 is 0 Å². The molecule has 2 atom stereocenters. The third-order valence-electron chi connectivity index (χ3n) is 5.96. The van der Waals surface area contributed by atoms with Crippen molar-refractivity contribution in [3.63, 3.8) is 0 Å². The topological polar surface area (TPSA) is 152 Å². The summed E-state index contributed by atoms with van der Waals surface area (Å²) in [5, 5.41) is 22.3. The fraction of sp³-hybridized carbons (Fsp3) is 0.440. The third kappa shape index (κ3) is 6.51. The number of benzene rings is 1. The number of rotatable bonds is 7. The predicted molar refractivity (Wildman–Crippen MR) is 131 cm³/mol. The van der Waals surface area contributed by atoms with Crippen molar-refractivity contribution in [3.05, 3.63) is 63.7 Å². The van der Waals surface area contributed by atoms with Crippen molar-refractivity contribution < 1.29 is 28.5 Å². The Bertz CT molecular complexity index is 1290. The molecule has 3 aromatic rings. The van der Waals surface area contributed by atoms with Crippen LogP contribution in [0.3, 0.4) is 0 Å². The van der Waals surface area contributed by atoms with E-state index in [2.05, 4.69) is 10.5 Å². The van der Waals surface area contributed by atoms with E-state index in [1.54, 1.807) is 17.7 Å². The third-order valence-corrected chi connectivity index (χ3v) is 5.96. The number of aryl methyl sites for hydroxylation is 1. The summed E-state index contributed by atoms with van der Waals surface area (Å²) in [6, 6.07) is 8.77. The highest BCUT2D eigenvalue weighted by Gasteiger charge is 2.32. The van der Waals surface area contributed by atoms with Crippen molar-refractivity contribution in [2.75, 3.05) is 5.32 Å². The van der Waals surface area contributed by atoms with Crippen LogP contribution in [0.25, 0.3) is 0 Å². The average Bonchev–Trinajstić information content (AvgIpc) is 3.54. The molecule has 1 amide bonds. The lowest BCUT2D eigenvalue weighted by atomic mass is 10.0. The molecule has 37 heavy (non-hydrogen) atoms. The number of hydrogen-bond donors (Lipinski definition) is 1. The van der Waals surface area contributed by atoms with E-state index < -0.39 is 11.1 Å². The molecule has 2 aromatic heterocycles. The molecule has 1 fully saturated rings. The van der Waals surface area contributed by atoms with E-state index in [9.17, 15) is 19.7 Å². The number of anilines is 1. The Balaban J connectivity index is 1.37. The zero-order valence-corrected chi connectivity index (χ0v) is 21.1. The molecule has 1 aromatic carbocycles. The van der Waals surface area contributed by atoms with E-state index in [0.29, 0.717) is 30.1 Å². The first-order valence-corrected chi connectivity index (χ1v) is 11.9. The lowest BCUT2D eigenvalue weighted by Gasteiger charge is -2.22. The van der Waals surface area contributed by atoms with Crippen LogP contribution in [0.4, 0.5) is 16.3 Å². The van der Waals surface area contributed by atoms with Crippen LogP contribution in [0.1, 0.15) is 63.1 Å². The van der Waals surface area contributed by atoms with Crippen LogP contribution < -0.4 is 10.1 Å². The second-order valence-electron chi connectivity index (χ2n) is 10.0. The zero-order chi connectivity index (χ0) is 26.7. The number of aromatic nitrogens is 3. The summed E-state index contributed by atoms with van der Waals surface area (Å²) in [5.74, 6) is 1.01. The fourth-order valence-electron chi connectivity index (χ4n) is 4.25. The minimum Gasteiger partial charge on any atom is -0.431 e. The summed E-state index contributed by atoms with van der Waals surface area (Å²) >= 11 is 0. The van der Waals surface area contributed by atoms with Crippen molar-refractivity contribution >= 4 is 23.6 Å². The van der Waals surface area contributed by atoms with E-state index in [0.717, 1.165) is 12.1 Å². The molecule has 196 valence electrons. The molecule has 2 heterocycles. The molecule has 1 aliphatic rings. The SMILES string of the molecule is Cc1cc(CC(=O)Nc2cc(C3CCC(OC(=O)Oc4ccc([N+](=O)[O-])cc4)C3)nn2C(C)(C)C)on1. The van der Waals surface area contributed by atoms with Crippen LogP contribution in [0.15, 0.2) is 40.9 Å². The first-order valence-electron chi connectivity index (χ1n) is 11.9. The summed E-state index contributed by atoms with van der Waals surface area (Å²) < 4.78 is 17.5. The maximum Gasteiger partial charge on any atom is 0.514 e. The summed E-state index contributed by atoms with van der Waals surface area (Å²) in [6.45, 7) is 7.77. The quantitative estimate of drug-likeness (QED) is 0.202. The summed E-state index contributed by atoms with van der Waals surface area (Å²) in [5.41, 5.74) is 1.03. The smallest absolute Gasteiger partial charge is 0.431 e. The molecule has 0 spiro atoms. The standard InChI is InChI=1S/C25H29N5O7/c1-15-11-20(37-28-15)13-23(31)26-22-14-21(27-29(22)25(2,3)4)16-5-8-19(12-16)36-24(32)35-18-9-6-17(7-10-18)30(33)34/h6-7,9-11,14,16,19H,5,8,12-13H2,1-4H3,(H,26,31). The maximum atomic E-state index is 12.6. The van der Waals surface area contributed by atoms with Crippen LogP contribution in [-0.4, -0.2) is 38.0 Å². The Morgan fingerprint density at radius 1 is 1.22 bits per heavy atom. The van der Waals surface area contributed by atoms with Crippen LogP contribution in [0, 0.1) is 17.0 Å². The molecule has 1 N–H and O–H groups in total. The van der Waals surface area contributed by atoms with Gasteiger partial charge in [0, 0.05) is 30.2 Å². The molecule has 1 aliphatic carbocycles. The van der Waals surface area contributed by atoms with Crippen LogP contribution in [0.5, 0.6) is 5.75 Å². The van der Waals surface area contributed by atoms with E-state index >= 15 is 0 Å². The Morgan fingerprint density at radius 3 is 2.57 bits per heavy atom. The number of nitrogens with one attached hydrogen (secondary N) is 1. The Morgan fingerprint density at radius 2 is 1.95 bits per heavy atom. The summed E-state index contributed by atoms with van der Waals surface area (Å²) in [7, 11) is 0. The Kier molecular flexibility index (Phi) is 7.28. The molecular formula is C25H29N5O7. The van der Waals surface area contributed by atoms with E-state index in [-0.39, 0.29) is 41.3 Å². The lowest BCUT2D eigenvalue weighted by Crippen LogP contribution is -2.27. The van der Waals surface area contributed by atoms with Gasteiger partial charge >= 0.3 is 6.16 Å². The van der Waals surface area contributed by atoms with Crippen molar-refractivity contribution in [3.8, 4) is 5.75 Å². The fourth-order valence-corrected chi connectivity index (χ4v) is 4.25. The Hall–Kier alpha value is -4.22. The van der Waals surface area contributed by atoms with Gasteiger partial charge in [0.25, 0.3) is 5.69 Å². The van der Waals surface area contributed by atoms with Gasteiger partial charge in [0.05, 0.1) is 28.3 Å². The van der Waals surface area contributed by atoms with Crippen molar-refractivity contribution in [2.45, 2.75) is 70.9 Å². The summed E-state index contributed by atoms with van der Waals surface area (Å²) in [6.07, 6.45) is 0.776. The van der Waals surface area contributed by atoms with Gasteiger partial charge in [0.1, 0.15) is 23.4 Å². The highest BCUT2D eigenvalue weighted by atomic mass is 16.7. The van der Waals surface area contributed by atoms with Crippen molar-refractivity contribution in [1.29, 1.82) is 0 Å². The molecule has 0 saturated heterocycles. The van der Waals surface area contributed by atoms with Gasteiger partial charge in [-0.15, -0.1) is 0 Å². The molecule has 12 heteroatoms. The van der Waals surface area contributed by atoms with E-state index in [4.69, 9.17) is 19.1 Å². The average molecular weight is 512 g/mol. The molecule has 0 radical (unpaired) electrons.